The molecule has 0 aromatic heterocycles. The van der Waals surface area contributed by atoms with Crippen molar-refractivity contribution in [1.29, 1.82) is 0 Å². The van der Waals surface area contributed by atoms with Crippen molar-refractivity contribution in [3.05, 3.63) is 22.3 Å². The highest BCUT2D eigenvalue weighted by Crippen LogP contribution is 2.33. The van der Waals surface area contributed by atoms with Gasteiger partial charge in [-0.05, 0) is 12.8 Å². The van der Waals surface area contributed by atoms with Gasteiger partial charge >= 0.3 is 0 Å². The lowest BCUT2D eigenvalue weighted by molar-refractivity contribution is 1.13. The van der Waals surface area contributed by atoms with E-state index >= 15 is 0 Å². The van der Waals surface area contributed by atoms with E-state index in [-0.39, 0.29) is 0 Å². The fraction of sp³-hybridized carbons (Fsp3) is 0.714. The first-order chi connectivity index (χ1) is 7.79. The summed E-state index contributed by atoms with van der Waals surface area (Å²) in [7, 11) is -2.34. The van der Waals surface area contributed by atoms with Crippen molar-refractivity contribution in [2.75, 3.05) is 0 Å². The second-order valence-corrected chi connectivity index (χ2v) is 21.7. The molecule has 0 saturated carbocycles. The molecule has 17 heavy (non-hydrogen) atoms. The summed E-state index contributed by atoms with van der Waals surface area (Å²) >= 11 is 0. The molecule has 0 fully saturated rings. The van der Waals surface area contributed by atoms with E-state index in [2.05, 4.69) is 58.4 Å². The van der Waals surface area contributed by atoms with Gasteiger partial charge in [0, 0.05) is 0 Å². The Morgan fingerprint density at radius 3 is 1.41 bits per heavy atom. The summed E-state index contributed by atoms with van der Waals surface area (Å²) in [4.78, 5) is 0. The Hall–Kier alpha value is -0.0213. The van der Waals surface area contributed by atoms with Crippen molar-refractivity contribution in [3.63, 3.8) is 0 Å². The zero-order chi connectivity index (χ0) is 13.3. The monoisotopic (exact) mass is 264 g/mol. The third-order valence-corrected chi connectivity index (χ3v) is 21.2. The molecule has 0 atom stereocenters. The van der Waals surface area contributed by atoms with Gasteiger partial charge in [0.15, 0.2) is 6.71 Å². The van der Waals surface area contributed by atoms with Gasteiger partial charge in [-0.2, -0.15) is 0 Å². The zero-order valence-corrected chi connectivity index (χ0v) is 14.9. The van der Waals surface area contributed by atoms with Crippen molar-refractivity contribution in [2.45, 2.75) is 66.1 Å². The van der Waals surface area contributed by atoms with Gasteiger partial charge in [-0.1, -0.05) is 53.3 Å². The molecule has 1 aliphatic heterocycles. The predicted molar refractivity (Wildman–Crippen MR) is 87.9 cm³/mol. The predicted octanol–water partition coefficient (Wildman–Crippen LogP) is 4.84. The molecule has 0 aromatic rings. The lowest BCUT2D eigenvalue weighted by atomic mass is 9.37. The van der Waals surface area contributed by atoms with E-state index in [1.54, 1.807) is 10.9 Å². The Bertz CT molecular complexity index is 308. The lowest BCUT2D eigenvalue weighted by Gasteiger charge is -2.33. The smallest absolute Gasteiger partial charge is 0.105 e. The topological polar surface area (TPSA) is 0 Å². The molecule has 0 saturated heterocycles. The zero-order valence-electron chi connectivity index (χ0n) is 12.9. The van der Waals surface area contributed by atoms with E-state index in [1.165, 1.54) is 19.2 Å². The number of hydrogen-bond donors (Lipinski definition) is 0. The molecule has 0 nitrogen and oxygen atoms in total. The summed E-state index contributed by atoms with van der Waals surface area (Å²) in [5.74, 6) is 0. The van der Waals surface area contributed by atoms with Crippen LogP contribution in [0.2, 0.25) is 32.5 Å². The average molecular weight is 264 g/mol. The number of rotatable bonds is 3. The quantitative estimate of drug-likeness (QED) is 0.640. The highest BCUT2D eigenvalue weighted by molar-refractivity contribution is 7.45. The number of allylic oxidation sites excluding steroid dienone is 2. The van der Waals surface area contributed by atoms with E-state index in [0.29, 0.717) is 0 Å². The molecule has 0 unspecified atom stereocenters. The maximum absolute atomic E-state index is 2.76. The van der Waals surface area contributed by atoms with Gasteiger partial charge in [0.2, 0.25) is 0 Å². The van der Waals surface area contributed by atoms with Crippen LogP contribution in [0.15, 0.2) is 22.3 Å². The van der Waals surface area contributed by atoms with Crippen molar-refractivity contribution in [2.24, 2.45) is 0 Å². The molecule has 0 spiro atoms. The van der Waals surface area contributed by atoms with Gasteiger partial charge in [-0.25, -0.2) is 0 Å². The van der Waals surface area contributed by atoms with Crippen LogP contribution in [0, 0.1) is 0 Å². The minimum atomic E-state index is -1.17. The van der Waals surface area contributed by atoms with Crippen molar-refractivity contribution in [1.82, 2.24) is 0 Å². The fourth-order valence-electron chi connectivity index (χ4n) is 2.96. The van der Waals surface area contributed by atoms with Crippen molar-refractivity contribution in [3.8, 4) is 0 Å². The van der Waals surface area contributed by atoms with Gasteiger partial charge in [-0.3, -0.25) is 0 Å². The van der Waals surface area contributed by atoms with E-state index in [0.717, 1.165) is 6.71 Å². The molecule has 0 N–H and O–H groups in total. The Labute approximate surface area is 110 Å². The minimum absolute atomic E-state index is 0.756. The first-order valence-corrected chi connectivity index (χ1v) is 14.4. The average Bonchev–Trinajstić information content (AvgIpc) is 2.32. The van der Waals surface area contributed by atoms with Crippen LogP contribution in [-0.4, -0.2) is 21.9 Å². The highest BCUT2D eigenvalue weighted by Gasteiger charge is 2.41. The Kier molecular flexibility index (Phi) is 4.70. The van der Waals surface area contributed by atoms with Crippen LogP contribution < -0.4 is 0 Å². The summed E-state index contributed by atoms with van der Waals surface area (Å²) < 4.78 is 0. The summed E-state index contributed by atoms with van der Waals surface area (Å²) in [5.41, 5.74) is 9.00. The van der Waals surface area contributed by atoms with Gasteiger partial charge in [-0.15, -0.1) is 22.3 Å². The van der Waals surface area contributed by atoms with Gasteiger partial charge in [0.05, 0.1) is 15.2 Å². The molecule has 1 heterocycles. The molecular weight excluding hydrogens is 235 g/mol. The summed E-state index contributed by atoms with van der Waals surface area (Å²) in [6.45, 7) is 18.1. The lowest BCUT2D eigenvalue weighted by Crippen LogP contribution is -2.52. The Balaban J connectivity index is 3.36. The van der Waals surface area contributed by atoms with Gasteiger partial charge in [0.25, 0.3) is 0 Å². The van der Waals surface area contributed by atoms with Crippen LogP contribution in [0.5, 0.6) is 0 Å². The van der Waals surface area contributed by atoms with Gasteiger partial charge < -0.3 is 0 Å². The highest BCUT2D eigenvalue weighted by atomic mass is 29.3. The molecule has 0 amide bonds. The largest absolute Gasteiger partial charge is 0.197 e. The fourth-order valence-corrected chi connectivity index (χ4v) is 9.71. The summed E-state index contributed by atoms with van der Waals surface area (Å²) in [6.07, 6.45) is 3.78. The van der Waals surface area contributed by atoms with Crippen LogP contribution in [-0.2, 0) is 0 Å². The maximum Gasteiger partial charge on any atom is 0.197 e. The van der Waals surface area contributed by atoms with Crippen molar-refractivity contribution >= 4 is 21.9 Å². The molecular formula is C14H29BSi2. The molecule has 0 aliphatic carbocycles. The molecule has 0 aromatic carbocycles. The molecule has 3 heteroatoms. The van der Waals surface area contributed by atoms with E-state index in [1.807, 2.05) is 0 Å². The van der Waals surface area contributed by atoms with Crippen LogP contribution in [0.25, 0.3) is 0 Å². The SMILES string of the molecule is CCB1C(CC)=C[Si](C)(C)[Si](C)(C)C=C1CC. The molecule has 0 bridgehead atoms. The van der Waals surface area contributed by atoms with Crippen molar-refractivity contribution < 1.29 is 0 Å². The van der Waals surface area contributed by atoms with Crippen LogP contribution in [0.1, 0.15) is 33.6 Å². The van der Waals surface area contributed by atoms with E-state index in [4.69, 9.17) is 0 Å². The molecule has 1 aliphatic rings. The summed E-state index contributed by atoms with van der Waals surface area (Å²) in [6, 6.07) is 0. The second-order valence-electron chi connectivity index (χ2n) is 6.55. The van der Waals surface area contributed by atoms with E-state index in [9.17, 15) is 0 Å². The third kappa shape index (κ3) is 2.87. The van der Waals surface area contributed by atoms with Gasteiger partial charge in [0.1, 0.15) is 0 Å². The summed E-state index contributed by atoms with van der Waals surface area (Å²) in [5, 5.41) is 0. The van der Waals surface area contributed by atoms with Crippen LogP contribution >= 0.6 is 0 Å². The normalized spacial score (nSPS) is 22.9. The first-order valence-electron chi connectivity index (χ1n) is 7.22. The molecule has 1 rings (SSSR count). The second kappa shape index (κ2) is 5.31. The maximum atomic E-state index is 2.76. The third-order valence-electron chi connectivity index (χ3n) is 4.87. The minimum Gasteiger partial charge on any atom is -0.105 e. The Morgan fingerprint density at radius 2 is 1.18 bits per heavy atom. The van der Waals surface area contributed by atoms with E-state index < -0.39 is 15.2 Å². The molecule has 96 valence electrons. The number of hydrogen-bond acceptors (Lipinski definition) is 0. The first kappa shape index (κ1) is 15.0. The standard InChI is InChI=1S/C14H29BSi2/c1-8-13-11-16(4,5)17(6,7)12-14(9-2)15(13)10-3/h11-12H,8-10H2,1-7H3. The Morgan fingerprint density at radius 1 is 0.824 bits per heavy atom. The molecule has 0 radical (unpaired) electrons. The van der Waals surface area contributed by atoms with Crippen LogP contribution in [0.3, 0.4) is 0 Å². The van der Waals surface area contributed by atoms with Crippen LogP contribution in [0.4, 0.5) is 0 Å².